The second kappa shape index (κ2) is 9.61. The van der Waals surface area contributed by atoms with E-state index in [1.807, 2.05) is 37.3 Å². The van der Waals surface area contributed by atoms with E-state index < -0.39 is 12.1 Å². The molecule has 0 aliphatic heterocycles. The number of nitrogens with zero attached hydrogens (tertiary/aromatic N) is 3. The number of anilines is 1. The molecule has 0 aliphatic rings. The average Bonchev–Trinajstić information content (AvgIpc) is 2.72. The number of aliphatic carboxylic acids is 1. The van der Waals surface area contributed by atoms with Crippen LogP contribution in [0.4, 0.5) is 5.95 Å². The SMILES string of the molecule is Cc1c(COc2ncnc(NCC(O)CC(=O)O)n2)cccc1-c1ccccc1. The van der Waals surface area contributed by atoms with E-state index in [9.17, 15) is 9.90 Å². The minimum atomic E-state index is -1.08. The number of carboxylic acids is 1. The van der Waals surface area contributed by atoms with Gasteiger partial charge in [-0.2, -0.15) is 9.97 Å². The molecule has 3 aromatic rings. The quantitative estimate of drug-likeness (QED) is 0.507. The molecule has 0 bridgehead atoms. The smallest absolute Gasteiger partial charge is 0.321 e. The molecule has 150 valence electrons. The topological polar surface area (TPSA) is 117 Å². The molecule has 3 rings (SSSR count). The van der Waals surface area contributed by atoms with Gasteiger partial charge in [0.1, 0.15) is 12.9 Å². The molecule has 0 spiro atoms. The van der Waals surface area contributed by atoms with Gasteiger partial charge in [-0.1, -0.05) is 48.5 Å². The minimum Gasteiger partial charge on any atom is -0.481 e. The maximum absolute atomic E-state index is 10.6. The number of carbonyl (C=O) groups is 1. The molecule has 0 aliphatic carbocycles. The molecule has 1 aromatic heterocycles. The number of aromatic nitrogens is 3. The van der Waals surface area contributed by atoms with Crippen molar-refractivity contribution in [1.29, 1.82) is 0 Å². The molecule has 0 radical (unpaired) electrons. The second-order valence-corrected chi connectivity index (χ2v) is 6.47. The predicted octanol–water partition coefficient (Wildman–Crippen LogP) is 2.67. The van der Waals surface area contributed by atoms with Crippen LogP contribution >= 0.6 is 0 Å². The molecule has 3 N–H and O–H groups in total. The van der Waals surface area contributed by atoms with Gasteiger partial charge >= 0.3 is 12.0 Å². The summed E-state index contributed by atoms with van der Waals surface area (Å²) in [5.41, 5.74) is 4.40. The third-order valence-electron chi connectivity index (χ3n) is 4.34. The number of rotatable bonds is 9. The highest BCUT2D eigenvalue weighted by Crippen LogP contribution is 2.26. The Morgan fingerprint density at radius 1 is 1.14 bits per heavy atom. The van der Waals surface area contributed by atoms with Gasteiger partial charge in [0.15, 0.2) is 0 Å². The van der Waals surface area contributed by atoms with Crippen molar-refractivity contribution >= 4 is 11.9 Å². The largest absolute Gasteiger partial charge is 0.481 e. The van der Waals surface area contributed by atoms with Gasteiger partial charge in [-0.3, -0.25) is 4.79 Å². The van der Waals surface area contributed by atoms with Gasteiger partial charge in [0.2, 0.25) is 5.95 Å². The van der Waals surface area contributed by atoms with E-state index in [2.05, 4.69) is 38.5 Å². The third-order valence-corrected chi connectivity index (χ3v) is 4.34. The molecule has 0 fully saturated rings. The highest BCUT2D eigenvalue weighted by molar-refractivity contribution is 5.68. The van der Waals surface area contributed by atoms with E-state index in [1.165, 1.54) is 6.33 Å². The van der Waals surface area contributed by atoms with Gasteiger partial charge in [-0.05, 0) is 29.2 Å². The molecule has 1 heterocycles. The first kappa shape index (κ1) is 20.2. The van der Waals surface area contributed by atoms with Crippen LogP contribution < -0.4 is 10.1 Å². The number of benzene rings is 2. The first-order chi connectivity index (χ1) is 14.0. The summed E-state index contributed by atoms with van der Waals surface area (Å²) in [7, 11) is 0. The molecule has 8 heteroatoms. The highest BCUT2D eigenvalue weighted by Gasteiger charge is 2.11. The molecule has 1 atom stereocenters. The van der Waals surface area contributed by atoms with E-state index in [0.29, 0.717) is 0 Å². The molecule has 8 nitrogen and oxygen atoms in total. The van der Waals surface area contributed by atoms with Crippen molar-refractivity contribution in [2.24, 2.45) is 0 Å². The van der Waals surface area contributed by atoms with Crippen LogP contribution in [0.15, 0.2) is 54.9 Å². The van der Waals surface area contributed by atoms with Crippen LogP contribution in [-0.4, -0.2) is 43.8 Å². The molecule has 0 amide bonds. The first-order valence-corrected chi connectivity index (χ1v) is 9.12. The lowest BCUT2D eigenvalue weighted by atomic mass is 9.97. The molecule has 29 heavy (non-hydrogen) atoms. The summed E-state index contributed by atoms with van der Waals surface area (Å²) >= 11 is 0. The predicted molar refractivity (Wildman–Crippen MR) is 108 cm³/mol. The van der Waals surface area contributed by atoms with Crippen LogP contribution in [0.3, 0.4) is 0 Å². The average molecular weight is 394 g/mol. The molecular formula is C21H22N4O4. The highest BCUT2D eigenvalue weighted by atomic mass is 16.5. The Balaban J connectivity index is 1.64. The summed E-state index contributed by atoms with van der Waals surface area (Å²) in [6.07, 6.45) is -0.114. The minimum absolute atomic E-state index is 0.00792. The zero-order valence-electron chi connectivity index (χ0n) is 15.9. The fourth-order valence-corrected chi connectivity index (χ4v) is 2.83. The van der Waals surface area contributed by atoms with Crippen LogP contribution in [0.1, 0.15) is 17.5 Å². The van der Waals surface area contributed by atoms with Crippen molar-refractivity contribution in [3.05, 3.63) is 66.0 Å². The summed E-state index contributed by atoms with van der Waals surface area (Å²) in [6, 6.07) is 16.3. The van der Waals surface area contributed by atoms with Gasteiger partial charge in [-0.15, -0.1) is 0 Å². The Morgan fingerprint density at radius 2 is 1.93 bits per heavy atom. The number of carboxylic acid groups (broad SMARTS) is 1. The molecule has 2 aromatic carbocycles. The Bertz CT molecular complexity index is 966. The van der Waals surface area contributed by atoms with E-state index in [1.54, 1.807) is 0 Å². The Morgan fingerprint density at radius 3 is 2.69 bits per heavy atom. The zero-order valence-corrected chi connectivity index (χ0v) is 15.9. The first-order valence-electron chi connectivity index (χ1n) is 9.12. The Labute approximate surface area is 168 Å². The zero-order chi connectivity index (χ0) is 20.6. The van der Waals surface area contributed by atoms with Crippen molar-refractivity contribution < 1.29 is 19.7 Å². The lowest BCUT2D eigenvalue weighted by molar-refractivity contribution is -0.138. The number of hydrogen-bond acceptors (Lipinski definition) is 7. The van der Waals surface area contributed by atoms with Crippen molar-refractivity contribution in [3.8, 4) is 17.1 Å². The van der Waals surface area contributed by atoms with Crippen LogP contribution in [-0.2, 0) is 11.4 Å². The van der Waals surface area contributed by atoms with Gasteiger partial charge in [0.05, 0.1) is 12.5 Å². The number of hydrogen-bond donors (Lipinski definition) is 3. The molecule has 0 saturated heterocycles. The Hall–Kier alpha value is -3.52. The maximum atomic E-state index is 10.6. The number of aliphatic hydroxyl groups excluding tert-OH is 1. The summed E-state index contributed by atoms with van der Waals surface area (Å²) in [5, 5.41) is 21.1. The van der Waals surface area contributed by atoms with E-state index in [-0.39, 0.29) is 31.5 Å². The monoisotopic (exact) mass is 394 g/mol. The van der Waals surface area contributed by atoms with Crippen LogP contribution in [0.5, 0.6) is 6.01 Å². The van der Waals surface area contributed by atoms with Gasteiger partial charge in [0, 0.05) is 6.54 Å². The van der Waals surface area contributed by atoms with Gasteiger partial charge in [0.25, 0.3) is 0 Å². The van der Waals surface area contributed by atoms with Crippen molar-refractivity contribution in [3.63, 3.8) is 0 Å². The standard InChI is InChI=1S/C21H22N4O4/c1-14-16(8-5-9-18(14)15-6-3-2-4-7-15)12-29-21-24-13-23-20(25-21)22-11-17(26)10-19(27)28/h2-9,13,17,26H,10-12H2,1H3,(H,27,28)(H,22,23,24,25). The maximum Gasteiger partial charge on any atom is 0.321 e. The van der Waals surface area contributed by atoms with Crippen LogP contribution in [0.25, 0.3) is 11.1 Å². The van der Waals surface area contributed by atoms with Gasteiger partial charge in [-0.25, -0.2) is 4.98 Å². The lowest BCUT2D eigenvalue weighted by Crippen LogP contribution is -2.23. The molecular weight excluding hydrogens is 372 g/mol. The second-order valence-electron chi connectivity index (χ2n) is 6.47. The van der Waals surface area contributed by atoms with E-state index >= 15 is 0 Å². The van der Waals surface area contributed by atoms with Crippen molar-refractivity contribution in [1.82, 2.24) is 15.0 Å². The van der Waals surface area contributed by atoms with E-state index in [4.69, 9.17) is 9.84 Å². The molecule has 0 saturated carbocycles. The summed E-state index contributed by atoms with van der Waals surface area (Å²) in [4.78, 5) is 22.7. The van der Waals surface area contributed by atoms with Crippen molar-refractivity contribution in [2.45, 2.75) is 26.1 Å². The fourth-order valence-electron chi connectivity index (χ4n) is 2.83. The Kier molecular flexibility index (Phi) is 6.70. The fraction of sp³-hybridized carbons (Fsp3) is 0.238. The molecule has 1 unspecified atom stereocenters. The number of ether oxygens (including phenoxy) is 1. The number of aliphatic hydroxyl groups is 1. The number of nitrogens with one attached hydrogen (secondary N) is 1. The third kappa shape index (κ3) is 5.73. The summed E-state index contributed by atoms with van der Waals surface area (Å²) < 4.78 is 5.72. The van der Waals surface area contributed by atoms with Crippen LogP contribution in [0.2, 0.25) is 0 Å². The normalized spacial score (nSPS) is 11.7. The lowest BCUT2D eigenvalue weighted by Gasteiger charge is -2.13. The van der Waals surface area contributed by atoms with Crippen LogP contribution in [0, 0.1) is 6.92 Å². The van der Waals surface area contributed by atoms with Crippen molar-refractivity contribution in [2.75, 3.05) is 11.9 Å². The van der Waals surface area contributed by atoms with E-state index in [0.717, 1.165) is 22.3 Å². The van der Waals surface area contributed by atoms with Gasteiger partial charge < -0.3 is 20.3 Å². The summed E-state index contributed by atoms with van der Waals surface area (Å²) in [6.45, 7) is 2.34. The summed E-state index contributed by atoms with van der Waals surface area (Å²) in [5.74, 6) is -0.874.